The molecule has 0 fully saturated rings. The zero-order valence-electron chi connectivity index (χ0n) is 31.5. The number of rotatable bonds is 28. The fraction of sp³-hybridized carbons (Fsp3) is 0.758. The van der Waals surface area contributed by atoms with Crippen molar-refractivity contribution in [2.24, 2.45) is 5.41 Å². The van der Waals surface area contributed by atoms with Gasteiger partial charge in [0.2, 0.25) is 0 Å². The molecule has 0 unspecified atom stereocenters. The van der Waals surface area contributed by atoms with Gasteiger partial charge in [0, 0.05) is 51.4 Å². The molecule has 0 rings (SSSR count). The van der Waals surface area contributed by atoms with Gasteiger partial charge in [0.1, 0.15) is 31.8 Å². The van der Waals surface area contributed by atoms with Crippen LogP contribution in [0.25, 0.3) is 0 Å². The van der Waals surface area contributed by atoms with Gasteiger partial charge >= 0.3 is 72.3 Å². The Balaban J connectivity index is 5.86. The summed E-state index contributed by atoms with van der Waals surface area (Å²) in [6.45, 7) is -3.44. The molecule has 0 aliphatic rings. The molecule has 0 aromatic heterocycles. The molecule has 0 saturated carbocycles. The van der Waals surface area contributed by atoms with Crippen LogP contribution in [0, 0.1) is 5.41 Å². The van der Waals surface area contributed by atoms with E-state index >= 15 is 0 Å². The van der Waals surface area contributed by atoms with Gasteiger partial charge in [0.25, 0.3) is 0 Å². The highest BCUT2D eigenvalue weighted by atomic mass is 19.4. The van der Waals surface area contributed by atoms with Crippen molar-refractivity contribution in [1.82, 2.24) is 0 Å². The zero-order chi connectivity index (χ0) is 45.5. The highest BCUT2D eigenvalue weighted by Gasteiger charge is 2.62. The summed E-state index contributed by atoms with van der Waals surface area (Å²) in [5.74, 6) is -9.39. The first-order chi connectivity index (χ1) is 27.2. The lowest BCUT2D eigenvalue weighted by Crippen LogP contribution is -2.44. The zero-order valence-corrected chi connectivity index (χ0v) is 31.5. The summed E-state index contributed by atoms with van der Waals surface area (Å²) in [7, 11) is 2.19. The normalized spacial score (nSPS) is 12.1. The molecule has 0 aromatic rings. The summed E-state index contributed by atoms with van der Waals surface area (Å²) in [6.07, 6.45) is -29.9. The van der Waals surface area contributed by atoms with E-state index in [4.69, 9.17) is 18.9 Å². The van der Waals surface area contributed by atoms with E-state index in [1.54, 1.807) is 0 Å². The van der Waals surface area contributed by atoms with Crippen LogP contribution in [0.2, 0.25) is 0 Å². The smallest absolute Gasteiger partial charge is 0.469 e. The van der Waals surface area contributed by atoms with Crippen LogP contribution in [0.4, 0.5) is 43.9 Å². The molecule has 0 radical (unpaired) electrons. The summed E-state index contributed by atoms with van der Waals surface area (Å²) in [6, 6.07) is 0. The number of esters is 8. The van der Waals surface area contributed by atoms with Crippen LogP contribution >= 0.6 is 0 Å². The van der Waals surface area contributed by atoms with Crippen LogP contribution in [0.15, 0.2) is 0 Å². The molecule has 0 aliphatic heterocycles. The number of ether oxygens (including phenoxy) is 8. The van der Waals surface area contributed by atoms with Crippen molar-refractivity contribution in [3.05, 3.63) is 0 Å². The Hall–Kier alpha value is -4.94. The molecule has 0 spiro atoms. The SMILES string of the molecule is COC(=O)CCCC(=O)OCC(COC(=O)CCCCC(=O)OC(F)(F)C(F)(F)F)(COC(=O)CCCCC(=O)OC(F)(F)C(F)(F)F)COC(=O)CCCC(=O)OC. The van der Waals surface area contributed by atoms with Crippen LogP contribution in [0.1, 0.15) is 89.9 Å². The number of halogens is 10. The van der Waals surface area contributed by atoms with Crippen LogP contribution in [-0.2, 0) is 76.3 Å². The first kappa shape index (κ1) is 54.1. The number of carbonyl (C=O) groups is 8. The number of hydrogen-bond donors (Lipinski definition) is 0. The van der Waals surface area contributed by atoms with E-state index in [2.05, 4.69) is 18.9 Å². The first-order valence-corrected chi connectivity index (χ1v) is 17.3. The van der Waals surface area contributed by atoms with E-state index in [-0.39, 0.29) is 51.4 Å². The van der Waals surface area contributed by atoms with E-state index in [9.17, 15) is 82.3 Å². The Kier molecular flexibility index (Phi) is 23.4. The van der Waals surface area contributed by atoms with Crippen LogP contribution in [0.3, 0.4) is 0 Å². The molecular formula is C33H42F10O16. The molecule has 26 heteroatoms. The number of methoxy groups -OCH3 is 2. The average molecular weight is 885 g/mol. The Labute approximate surface area is 328 Å². The second-order valence-corrected chi connectivity index (χ2v) is 12.4. The molecule has 0 bridgehead atoms. The summed E-state index contributed by atoms with van der Waals surface area (Å²) in [5, 5.41) is 0. The topological polar surface area (TPSA) is 210 Å². The van der Waals surface area contributed by atoms with Crippen molar-refractivity contribution < 1.29 is 120 Å². The molecule has 340 valence electrons. The number of unbranched alkanes of at least 4 members (excludes halogenated alkanes) is 2. The van der Waals surface area contributed by atoms with Crippen LogP contribution in [-0.4, -0.2) is 113 Å². The van der Waals surface area contributed by atoms with E-state index in [0.717, 1.165) is 14.2 Å². The third-order valence-electron chi connectivity index (χ3n) is 7.30. The van der Waals surface area contributed by atoms with E-state index in [1.807, 2.05) is 0 Å². The third kappa shape index (κ3) is 23.3. The van der Waals surface area contributed by atoms with Gasteiger partial charge in [-0.1, -0.05) is 0 Å². The summed E-state index contributed by atoms with van der Waals surface area (Å²) in [4.78, 5) is 95.9. The molecule has 0 saturated heterocycles. The average Bonchev–Trinajstić information content (AvgIpc) is 3.13. The molecule has 16 nitrogen and oxygen atoms in total. The van der Waals surface area contributed by atoms with Gasteiger partial charge in [-0.2, -0.15) is 43.9 Å². The third-order valence-corrected chi connectivity index (χ3v) is 7.30. The van der Waals surface area contributed by atoms with Gasteiger partial charge in [0.05, 0.1) is 14.2 Å². The van der Waals surface area contributed by atoms with Gasteiger partial charge in [-0.25, -0.2) is 0 Å². The Morgan fingerprint density at radius 2 is 0.559 bits per heavy atom. The molecule has 0 aliphatic carbocycles. The van der Waals surface area contributed by atoms with Crippen LogP contribution < -0.4 is 0 Å². The summed E-state index contributed by atoms with van der Waals surface area (Å²) >= 11 is 0. The predicted octanol–water partition coefficient (Wildman–Crippen LogP) is 5.35. The van der Waals surface area contributed by atoms with Crippen molar-refractivity contribution in [3.8, 4) is 0 Å². The van der Waals surface area contributed by atoms with Crippen molar-refractivity contribution in [1.29, 1.82) is 0 Å². The molecule has 0 heterocycles. The lowest BCUT2D eigenvalue weighted by atomic mass is 9.92. The Morgan fingerprint density at radius 1 is 0.339 bits per heavy atom. The molecule has 59 heavy (non-hydrogen) atoms. The molecule has 0 aromatic carbocycles. The quantitative estimate of drug-likeness (QED) is 0.0420. The van der Waals surface area contributed by atoms with Crippen molar-refractivity contribution >= 4 is 47.8 Å². The Morgan fingerprint density at radius 3 is 0.797 bits per heavy atom. The van der Waals surface area contributed by atoms with E-state index in [0.29, 0.717) is 0 Å². The van der Waals surface area contributed by atoms with Gasteiger partial charge in [0.15, 0.2) is 0 Å². The van der Waals surface area contributed by atoms with Crippen molar-refractivity contribution in [2.75, 3.05) is 40.6 Å². The van der Waals surface area contributed by atoms with Gasteiger partial charge in [-0.15, -0.1) is 0 Å². The minimum atomic E-state index is -6.18. The second-order valence-electron chi connectivity index (χ2n) is 12.4. The molecular weight excluding hydrogens is 842 g/mol. The number of alkyl halides is 10. The fourth-order valence-corrected chi connectivity index (χ4v) is 4.01. The number of hydrogen-bond acceptors (Lipinski definition) is 16. The maximum Gasteiger partial charge on any atom is 0.501 e. The van der Waals surface area contributed by atoms with E-state index in [1.165, 1.54) is 0 Å². The lowest BCUT2D eigenvalue weighted by Gasteiger charge is -2.31. The summed E-state index contributed by atoms with van der Waals surface area (Å²) < 4.78 is 161. The van der Waals surface area contributed by atoms with Gasteiger partial charge in [-0.05, 0) is 38.5 Å². The van der Waals surface area contributed by atoms with E-state index < -0.39 is 143 Å². The minimum Gasteiger partial charge on any atom is -0.469 e. The largest absolute Gasteiger partial charge is 0.501 e. The van der Waals surface area contributed by atoms with Gasteiger partial charge < -0.3 is 37.9 Å². The Bertz CT molecular complexity index is 1310. The number of carbonyl (C=O) groups excluding carboxylic acids is 8. The summed E-state index contributed by atoms with van der Waals surface area (Å²) in [5.41, 5.74) is -1.94. The maximum atomic E-state index is 12.9. The monoisotopic (exact) mass is 884 g/mol. The minimum absolute atomic E-state index is 0.0690. The highest BCUT2D eigenvalue weighted by Crippen LogP contribution is 2.37. The fourth-order valence-electron chi connectivity index (χ4n) is 4.01. The molecule has 0 N–H and O–H groups in total. The predicted molar refractivity (Wildman–Crippen MR) is 169 cm³/mol. The standard InChI is InChI=1S/C33H42F10O16/c1-52-21(44)13-7-15-25(48)56-19-29(20-57-26(49)16-8-14-22(45)53-2,17-54-23(46)9-3-5-11-27(50)58-32(40,41)30(34,35)36)18-55-24(47)10-4-6-12-28(51)59-33(42,43)31(37,38)39/h3-20H2,1-2H3. The molecule has 0 atom stereocenters. The van der Waals surface area contributed by atoms with Crippen LogP contribution in [0.5, 0.6) is 0 Å². The lowest BCUT2D eigenvalue weighted by molar-refractivity contribution is -0.376. The van der Waals surface area contributed by atoms with Crippen molar-refractivity contribution in [2.45, 2.75) is 114 Å². The highest BCUT2D eigenvalue weighted by molar-refractivity contribution is 5.74. The first-order valence-electron chi connectivity index (χ1n) is 17.3. The molecule has 0 amide bonds. The van der Waals surface area contributed by atoms with Crippen molar-refractivity contribution in [3.63, 3.8) is 0 Å². The maximum absolute atomic E-state index is 12.9. The second kappa shape index (κ2) is 25.5. The van der Waals surface area contributed by atoms with Gasteiger partial charge in [-0.3, -0.25) is 38.4 Å².